The van der Waals surface area contributed by atoms with Crippen molar-refractivity contribution >= 4 is 0 Å². The second kappa shape index (κ2) is 5.65. The van der Waals surface area contributed by atoms with Crippen LogP contribution in [0, 0.1) is 13.8 Å². The molecule has 0 aliphatic carbocycles. The van der Waals surface area contributed by atoms with Crippen molar-refractivity contribution in [1.29, 1.82) is 0 Å². The number of ether oxygens (including phenoxy) is 1. The molecule has 1 aromatic rings. The van der Waals surface area contributed by atoms with Crippen molar-refractivity contribution < 1.29 is 9.26 Å². The van der Waals surface area contributed by atoms with Crippen LogP contribution < -0.4 is 5.32 Å². The zero-order chi connectivity index (χ0) is 13.1. The van der Waals surface area contributed by atoms with Gasteiger partial charge in [0, 0.05) is 18.7 Å². The molecule has 1 aromatic heterocycles. The zero-order valence-electron chi connectivity index (χ0n) is 11.8. The lowest BCUT2D eigenvalue weighted by Crippen LogP contribution is -2.30. The van der Waals surface area contributed by atoms with Crippen LogP contribution in [0.4, 0.5) is 0 Å². The highest BCUT2D eigenvalue weighted by Gasteiger charge is 2.19. The van der Waals surface area contributed by atoms with Crippen LogP contribution >= 0.6 is 0 Å². The summed E-state index contributed by atoms with van der Waals surface area (Å²) < 4.78 is 10.6. The number of methoxy groups -OCH3 is 1. The first kappa shape index (κ1) is 14.2. The van der Waals surface area contributed by atoms with E-state index in [9.17, 15) is 0 Å². The van der Waals surface area contributed by atoms with Gasteiger partial charge >= 0.3 is 0 Å². The lowest BCUT2D eigenvalue weighted by atomic mass is 10.0. The Morgan fingerprint density at radius 1 is 1.41 bits per heavy atom. The van der Waals surface area contributed by atoms with Crippen molar-refractivity contribution in [3.05, 3.63) is 17.0 Å². The first-order chi connectivity index (χ1) is 7.87. The largest absolute Gasteiger partial charge is 0.379 e. The summed E-state index contributed by atoms with van der Waals surface area (Å²) in [7, 11) is 1.75. The molecule has 98 valence electrons. The molecule has 0 fully saturated rings. The molecule has 1 heterocycles. The van der Waals surface area contributed by atoms with Gasteiger partial charge in [0.05, 0.1) is 11.3 Å². The summed E-state index contributed by atoms with van der Waals surface area (Å²) in [4.78, 5) is 0. The van der Waals surface area contributed by atoms with E-state index in [2.05, 4.69) is 31.2 Å². The standard InChI is InChI=1S/C13H24N2O2/c1-9(12-10(2)15-17-11(12)3)14-8-7-13(4,5)16-6/h9,14H,7-8H2,1-6H3. The normalized spacial score (nSPS) is 14.0. The third-order valence-corrected chi connectivity index (χ3v) is 3.25. The van der Waals surface area contributed by atoms with Gasteiger partial charge in [0.15, 0.2) is 0 Å². The number of nitrogens with zero attached hydrogens (tertiary/aromatic N) is 1. The Kier molecular flexibility index (Phi) is 4.71. The topological polar surface area (TPSA) is 47.3 Å². The number of hydrogen-bond acceptors (Lipinski definition) is 4. The lowest BCUT2D eigenvalue weighted by molar-refractivity contribution is 0.0154. The van der Waals surface area contributed by atoms with Crippen LogP contribution in [-0.4, -0.2) is 24.4 Å². The first-order valence-corrected chi connectivity index (χ1v) is 6.08. The molecule has 0 aliphatic rings. The summed E-state index contributed by atoms with van der Waals surface area (Å²) in [5, 5.41) is 7.45. The van der Waals surface area contributed by atoms with E-state index < -0.39 is 0 Å². The second-order valence-electron chi connectivity index (χ2n) is 5.13. The van der Waals surface area contributed by atoms with Gasteiger partial charge in [-0.15, -0.1) is 0 Å². The molecule has 1 rings (SSSR count). The Hall–Kier alpha value is -0.870. The summed E-state index contributed by atoms with van der Waals surface area (Å²) in [5.74, 6) is 0.897. The zero-order valence-corrected chi connectivity index (χ0v) is 11.8. The monoisotopic (exact) mass is 240 g/mol. The van der Waals surface area contributed by atoms with E-state index in [1.165, 1.54) is 5.56 Å². The van der Waals surface area contributed by atoms with Gasteiger partial charge in [0.1, 0.15) is 5.76 Å². The van der Waals surface area contributed by atoms with Crippen molar-refractivity contribution in [2.45, 2.75) is 52.7 Å². The van der Waals surface area contributed by atoms with Gasteiger partial charge in [-0.25, -0.2) is 0 Å². The Balaban J connectivity index is 2.48. The maximum Gasteiger partial charge on any atom is 0.138 e. The molecule has 1 atom stereocenters. The molecule has 4 heteroatoms. The van der Waals surface area contributed by atoms with Crippen molar-refractivity contribution in [2.75, 3.05) is 13.7 Å². The van der Waals surface area contributed by atoms with Crippen LogP contribution in [0.15, 0.2) is 4.52 Å². The number of rotatable bonds is 6. The van der Waals surface area contributed by atoms with Crippen LogP contribution in [-0.2, 0) is 4.74 Å². The molecule has 0 spiro atoms. The summed E-state index contributed by atoms with van der Waals surface area (Å²) in [6, 6.07) is 0.258. The fraction of sp³-hybridized carbons (Fsp3) is 0.769. The second-order valence-corrected chi connectivity index (χ2v) is 5.13. The summed E-state index contributed by atoms with van der Waals surface area (Å²) in [5.41, 5.74) is 2.06. The number of hydrogen-bond donors (Lipinski definition) is 1. The Morgan fingerprint density at radius 3 is 2.53 bits per heavy atom. The van der Waals surface area contributed by atoms with Crippen LogP contribution in [0.2, 0.25) is 0 Å². The van der Waals surface area contributed by atoms with Gasteiger partial charge in [-0.3, -0.25) is 0 Å². The first-order valence-electron chi connectivity index (χ1n) is 6.08. The van der Waals surface area contributed by atoms with Crippen LogP contribution in [0.25, 0.3) is 0 Å². The van der Waals surface area contributed by atoms with E-state index in [0.29, 0.717) is 0 Å². The average molecular weight is 240 g/mol. The van der Waals surface area contributed by atoms with Gasteiger partial charge in [0.25, 0.3) is 0 Å². The van der Waals surface area contributed by atoms with E-state index in [-0.39, 0.29) is 11.6 Å². The summed E-state index contributed by atoms with van der Waals surface area (Å²) in [6.07, 6.45) is 0.969. The molecule has 4 nitrogen and oxygen atoms in total. The van der Waals surface area contributed by atoms with Gasteiger partial charge < -0.3 is 14.6 Å². The molecule has 0 aromatic carbocycles. The highest BCUT2D eigenvalue weighted by Crippen LogP contribution is 2.21. The molecule has 0 saturated carbocycles. The molecular formula is C13H24N2O2. The van der Waals surface area contributed by atoms with Crippen LogP contribution in [0.5, 0.6) is 0 Å². The fourth-order valence-corrected chi connectivity index (χ4v) is 1.90. The van der Waals surface area contributed by atoms with Gasteiger partial charge in [-0.1, -0.05) is 5.16 Å². The highest BCUT2D eigenvalue weighted by molar-refractivity contribution is 5.24. The molecule has 0 bridgehead atoms. The number of nitrogens with one attached hydrogen (secondary N) is 1. The average Bonchev–Trinajstić information content (AvgIpc) is 2.58. The van der Waals surface area contributed by atoms with Gasteiger partial charge in [-0.05, 0) is 47.6 Å². The van der Waals surface area contributed by atoms with E-state index >= 15 is 0 Å². The van der Waals surface area contributed by atoms with Crippen LogP contribution in [0.1, 0.15) is 50.3 Å². The van der Waals surface area contributed by atoms with Crippen molar-refractivity contribution in [3.63, 3.8) is 0 Å². The quantitative estimate of drug-likeness (QED) is 0.830. The lowest BCUT2D eigenvalue weighted by Gasteiger charge is -2.24. The maximum absolute atomic E-state index is 5.39. The maximum atomic E-state index is 5.39. The van der Waals surface area contributed by atoms with Crippen molar-refractivity contribution in [3.8, 4) is 0 Å². The molecule has 0 amide bonds. The van der Waals surface area contributed by atoms with Gasteiger partial charge in [0.2, 0.25) is 0 Å². The summed E-state index contributed by atoms with van der Waals surface area (Å²) >= 11 is 0. The van der Waals surface area contributed by atoms with Gasteiger partial charge in [-0.2, -0.15) is 0 Å². The number of aromatic nitrogens is 1. The predicted octanol–water partition coefficient (Wildman–Crippen LogP) is 2.76. The highest BCUT2D eigenvalue weighted by atomic mass is 16.5. The summed E-state index contributed by atoms with van der Waals surface area (Å²) in [6.45, 7) is 11.2. The smallest absolute Gasteiger partial charge is 0.138 e. The van der Waals surface area contributed by atoms with E-state index in [4.69, 9.17) is 9.26 Å². The molecule has 0 radical (unpaired) electrons. The third kappa shape index (κ3) is 3.82. The SMILES string of the molecule is COC(C)(C)CCNC(C)c1c(C)noc1C. The molecule has 17 heavy (non-hydrogen) atoms. The molecule has 1 N–H and O–H groups in total. The Labute approximate surface area is 104 Å². The van der Waals surface area contributed by atoms with Crippen molar-refractivity contribution in [2.24, 2.45) is 0 Å². The third-order valence-electron chi connectivity index (χ3n) is 3.25. The van der Waals surface area contributed by atoms with E-state index in [0.717, 1.165) is 24.4 Å². The fourth-order valence-electron chi connectivity index (χ4n) is 1.90. The van der Waals surface area contributed by atoms with E-state index in [1.54, 1.807) is 7.11 Å². The van der Waals surface area contributed by atoms with Crippen molar-refractivity contribution in [1.82, 2.24) is 10.5 Å². The Bertz CT molecular complexity index is 339. The molecule has 0 aliphatic heterocycles. The minimum atomic E-state index is -0.0779. The minimum Gasteiger partial charge on any atom is -0.379 e. The predicted molar refractivity (Wildman–Crippen MR) is 68.1 cm³/mol. The van der Waals surface area contributed by atoms with E-state index in [1.807, 2.05) is 13.8 Å². The minimum absolute atomic E-state index is 0.0779. The molecular weight excluding hydrogens is 216 g/mol. The molecule has 0 saturated heterocycles. The number of aryl methyl sites for hydroxylation is 2. The Morgan fingerprint density at radius 2 is 2.06 bits per heavy atom. The van der Waals surface area contributed by atoms with Crippen LogP contribution in [0.3, 0.4) is 0 Å². The molecule has 1 unspecified atom stereocenters.